The number of nitrogens with zero attached hydrogens (tertiary/aromatic N) is 2. The highest BCUT2D eigenvalue weighted by Crippen LogP contribution is 2.31. The standard InChI is InChI=1S/C13H17ClN4OS/c1-8(2)18-12(19)16-17-13(18)20-11-5-4-10(14)6-9(11)7-15-3/h4-6,8,15H,7H2,1-3H3,(H,16,19). The second-order valence-corrected chi connectivity index (χ2v) is 6.11. The van der Waals surface area contributed by atoms with Crippen molar-refractivity contribution < 1.29 is 0 Å². The van der Waals surface area contributed by atoms with E-state index in [1.165, 1.54) is 11.8 Å². The van der Waals surface area contributed by atoms with E-state index in [1.54, 1.807) is 4.57 Å². The predicted molar refractivity (Wildman–Crippen MR) is 81.6 cm³/mol. The van der Waals surface area contributed by atoms with Crippen LogP contribution in [0.15, 0.2) is 33.0 Å². The molecule has 0 unspecified atom stereocenters. The van der Waals surface area contributed by atoms with E-state index in [1.807, 2.05) is 39.1 Å². The third kappa shape index (κ3) is 3.26. The SMILES string of the molecule is CNCc1cc(Cl)ccc1Sc1n[nH]c(=O)n1C(C)C. The van der Waals surface area contributed by atoms with Gasteiger partial charge in [0, 0.05) is 22.5 Å². The number of benzene rings is 1. The summed E-state index contributed by atoms with van der Waals surface area (Å²) in [5, 5.41) is 11.1. The lowest BCUT2D eigenvalue weighted by Gasteiger charge is -2.11. The smallest absolute Gasteiger partial charge is 0.316 e. The van der Waals surface area contributed by atoms with Crippen molar-refractivity contribution in [2.75, 3.05) is 7.05 Å². The molecule has 0 aliphatic rings. The summed E-state index contributed by atoms with van der Waals surface area (Å²) in [7, 11) is 1.88. The molecule has 1 aromatic carbocycles. The Kier molecular flexibility index (Phi) is 4.91. The Morgan fingerprint density at radius 2 is 2.25 bits per heavy atom. The maximum Gasteiger partial charge on any atom is 0.344 e. The quantitative estimate of drug-likeness (QED) is 0.891. The summed E-state index contributed by atoms with van der Waals surface area (Å²) in [6.07, 6.45) is 0. The van der Waals surface area contributed by atoms with Gasteiger partial charge in [-0.25, -0.2) is 9.89 Å². The van der Waals surface area contributed by atoms with E-state index in [9.17, 15) is 4.79 Å². The first-order chi connectivity index (χ1) is 9.52. The average Bonchev–Trinajstić information content (AvgIpc) is 2.74. The maximum absolute atomic E-state index is 11.7. The molecular formula is C13H17ClN4OS. The molecule has 0 atom stereocenters. The molecule has 0 saturated heterocycles. The van der Waals surface area contributed by atoms with E-state index >= 15 is 0 Å². The van der Waals surface area contributed by atoms with Gasteiger partial charge in [0.1, 0.15) is 0 Å². The third-order valence-corrected chi connectivity index (χ3v) is 4.10. The van der Waals surface area contributed by atoms with Crippen molar-refractivity contribution in [1.82, 2.24) is 20.1 Å². The third-order valence-electron chi connectivity index (χ3n) is 2.78. The number of halogens is 1. The summed E-state index contributed by atoms with van der Waals surface area (Å²) in [5.74, 6) is 0. The maximum atomic E-state index is 11.7. The fourth-order valence-corrected chi connectivity index (χ4v) is 3.17. The molecule has 2 rings (SSSR count). The van der Waals surface area contributed by atoms with Crippen molar-refractivity contribution in [1.29, 1.82) is 0 Å². The molecule has 108 valence electrons. The molecule has 2 aromatic rings. The monoisotopic (exact) mass is 312 g/mol. The topological polar surface area (TPSA) is 62.7 Å². The van der Waals surface area contributed by atoms with E-state index in [0.29, 0.717) is 16.7 Å². The van der Waals surface area contributed by atoms with Crippen LogP contribution in [0.4, 0.5) is 0 Å². The van der Waals surface area contributed by atoms with E-state index in [0.717, 1.165) is 10.5 Å². The Balaban J connectivity index is 2.37. The Bertz CT molecular complexity index is 650. The Labute approximate surface area is 126 Å². The van der Waals surface area contributed by atoms with Crippen LogP contribution in [-0.2, 0) is 6.54 Å². The van der Waals surface area contributed by atoms with Crippen LogP contribution in [0.5, 0.6) is 0 Å². The first-order valence-corrected chi connectivity index (χ1v) is 7.50. The highest BCUT2D eigenvalue weighted by Gasteiger charge is 2.14. The molecular weight excluding hydrogens is 296 g/mol. The minimum absolute atomic E-state index is 0.0591. The molecule has 5 nitrogen and oxygen atoms in total. The summed E-state index contributed by atoms with van der Waals surface area (Å²) < 4.78 is 1.64. The van der Waals surface area contributed by atoms with Gasteiger partial charge in [-0.2, -0.15) is 0 Å². The van der Waals surface area contributed by atoms with Gasteiger partial charge in [-0.1, -0.05) is 11.6 Å². The molecule has 0 aliphatic heterocycles. The van der Waals surface area contributed by atoms with E-state index < -0.39 is 0 Å². The zero-order chi connectivity index (χ0) is 14.7. The lowest BCUT2D eigenvalue weighted by Crippen LogP contribution is -2.19. The molecule has 0 fully saturated rings. The Morgan fingerprint density at radius 3 is 2.90 bits per heavy atom. The lowest BCUT2D eigenvalue weighted by molar-refractivity contribution is 0.534. The Morgan fingerprint density at radius 1 is 1.50 bits per heavy atom. The fourth-order valence-electron chi connectivity index (χ4n) is 1.89. The second-order valence-electron chi connectivity index (χ2n) is 4.66. The molecule has 0 bridgehead atoms. The summed E-state index contributed by atoms with van der Waals surface area (Å²) in [4.78, 5) is 12.8. The minimum atomic E-state index is -0.188. The largest absolute Gasteiger partial charge is 0.344 e. The van der Waals surface area contributed by atoms with Gasteiger partial charge in [0.05, 0.1) is 0 Å². The molecule has 0 amide bonds. The van der Waals surface area contributed by atoms with Gasteiger partial charge in [-0.15, -0.1) is 5.10 Å². The van der Waals surface area contributed by atoms with Crippen LogP contribution in [0.2, 0.25) is 5.02 Å². The molecule has 0 saturated carbocycles. The number of hydrogen-bond acceptors (Lipinski definition) is 4. The molecule has 1 aromatic heterocycles. The average molecular weight is 313 g/mol. The summed E-state index contributed by atoms with van der Waals surface area (Å²) in [6.45, 7) is 4.62. The van der Waals surface area contributed by atoms with Crippen LogP contribution in [0.25, 0.3) is 0 Å². The first kappa shape index (κ1) is 15.2. The van der Waals surface area contributed by atoms with Crippen LogP contribution in [0, 0.1) is 0 Å². The second kappa shape index (κ2) is 6.47. The fraction of sp³-hybridized carbons (Fsp3) is 0.385. The highest BCUT2D eigenvalue weighted by molar-refractivity contribution is 7.99. The number of rotatable bonds is 5. The Hall–Kier alpha value is -1.24. The van der Waals surface area contributed by atoms with E-state index in [-0.39, 0.29) is 11.7 Å². The van der Waals surface area contributed by atoms with E-state index in [2.05, 4.69) is 15.5 Å². The summed E-state index contributed by atoms with van der Waals surface area (Å²) in [6, 6.07) is 5.77. The van der Waals surface area contributed by atoms with Gasteiger partial charge in [-0.3, -0.25) is 4.57 Å². The van der Waals surface area contributed by atoms with Gasteiger partial charge >= 0.3 is 5.69 Å². The van der Waals surface area contributed by atoms with Crippen molar-refractivity contribution in [3.8, 4) is 0 Å². The molecule has 0 radical (unpaired) electrons. The molecule has 2 N–H and O–H groups in total. The zero-order valence-corrected chi connectivity index (χ0v) is 13.2. The number of hydrogen-bond donors (Lipinski definition) is 2. The van der Waals surface area contributed by atoms with Crippen molar-refractivity contribution in [2.45, 2.75) is 36.5 Å². The predicted octanol–water partition coefficient (Wildman–Crippen LogP) is 2.68. The van der Waals surface area contributed by atoms with E-state index in [4.69, 9.17) is 11.6 Å². The van der Waals surface area contributed by atoms with Gasteiger partial charge in [0.2, 0.25) is 0 Å². The van der Waals surface area contributed by atoms with Crippen LogP contribution in [0.1, 0.15) is 25.5 Å². The van der Waals surface area contributed by atoms with Gasteiger partial charge in [0.25, 0.3) is 0 Å². The highest BCUT2D eigenvalue weighted by atomic mass is 35.5. The van der Waals surface area contributed by atoms with Crippen LogP contribution < -0.4 is 11.0 Å². The van der Waals surface area contributed by atoms with Gasteiger partial charge in [0.15, 0.2) is 5.16 Å². The molecule has 1 heterocycles. The van der Waals surface area contributed by atoms with Crippen LogP contribution in [0.3, 0.4) is 0 Å². The van der Waals surface area contributed by atoms with Crippen LogP contribution in [-0.4, -0.2) is 21.8 Å². The summed E-state index contributed by atoms with van der Waals surface area (Å²) >= 11 is 7.49. The number of H-pyrrole nitrogens is 1. The number of nitrogens with one attached hydrogen (secondary N) is 2. The lowest BCUT2D eigenvalue weighted by atomic mass is 10.2. The molecule has 20 heavy (non-hydrogen) atoms. The molecule has 0 spiro atoms. The van der Waals surface area contributed by atoms with Crippen LogP contribution >= 0.6 is 23.4 Å². The number of aromatic amines is 1. The first-order valence-electron chi connectivity index (χ1n) is 6.30. The van der Waals surface area contributed by atoms with Gasteiger partial charge < -0.3 is 5.32 Å². The number of aromatic nitrogens is 3. The van der Waals surface area contributed by atoms with Crippen molar-refractivity contribution in [2.24, 2.45) is 0 Å². The van der Waals surface area contributed by atoms with Crippen molar-refractivity contribution in [3.05, 3.63) is 39.3 Å². The molecule has 7 heteroatoms. The van der Waals surface area contributed by atoms with Crippen molar-refractivity contribution in [3.63, 3.8) is 0 Å². The minimum Gasteiger partial charge on any atom is -0.316 e. The normalized spacial score (nSPS) is 11.2. The zero-order valence-electron chi connectivity index (χ0n) is 11.6. The van der Waals surface area contributed by atoms with Gasteiger partial charge in [-0.05, 0) is 56.4 Å². The van der Waals surface area contributed by atoms with Crippen molar-refractivity contribution >= 4 is 23.4 Å². The summed E-state index contributed by atoms with van der Waals surface area (Å²) in [5.41, 5.74) is 0.891. The molecule has 0 aliphatic carbocycles.